The highest BCUT2D eigenvalue weighted by molar-refractivity contribution is 9.10. The van der Waals surface area contributed by atoms with E-state index in [1.54, 1.807) is 16.9 Å². The van der Waals surface area contributed by atoms with E-state index in [2.05, 4.69) is 21.0 Å². The van der Waals surface area contributed by atoms with E-state index < -0.39 is 6.10 Å². The van der Waals surface area contributed by atoms with Crippen molar-refractivity contribution >= 4 is 27.5 Å². The van der Waals surface area contributed by atoms with Crippen molar-refractivity contribution < 1.29 is 5.11 Å². The van der Waals surface area contributed by atoms with Gasteiger partial charge in [0, 0.05) is 29.2 Å². The van der Waals surface area contributed by atoms with E-state index >= 15 is 0 Å². The van der Waals surface area contributed by atoms with Crippen molar-refractivity contribution in [1.82, 2.24) is 9.78 Å². The normalized spacial score (nSPS) is 12.7. The fourth-order valence-corrected chi connectivity index (χ4v) is 2.48. The van der Waals surface area contributed by atoms with Gasteiger partial charge < -0.3 is 5.11 Å². The minimum atomic E-state index is -0.611. The Morgan fingerprint density at radius 3 is 2.88 bits per heavy atom. The first-order valence-corrected chi connectivity index (χ1v) is 6.34. The molecule has 1 N–H and O–H groups in total. The Bertz CT molecular complexity index is 527. The first-order chi connectivity index (χ1) is 8.06. The number of hydrogen-bond donors (Lipinski definition) is 1. The second-order valence-corrected chi connectivity index (χ2v) is 5.23. The standard InChI is InChI=1S/C12H12BrClN2O/c1-16-7-8(6-15-16)4-12(17)10-3-2-9(13)5-11(10)14/h2-3,5-7,12,17H,4H2,1H3. The molecule has 17 heavy (non-hydrogen) atoms. The van der Waals surface area contributed by atoms with E-state index in [1.807, 2.05) is 25.4 Å². The highest BCUT2D eigenvalue weighted by Gasteiger charge is 2.13. The van der Waals surface area contributed by atoms with Crippen LogP contribution in [0.4, 0.5) is 0 Å². The van der Waals surface area contributed by atoms with Crippen LogP contribution in [0.5, 0.6) is 0 Å². The molecule has 0 saturated heterocycles. The van der Waals surface area contributed by atoms with Crippen molar-refractivity contribution in [2.45, 2.75) is 12.5 Å². The van der Waals surface area contributed by atoms with Crippen LogP contribution in [0, 0.1) is 0 Å². The van der Waals surface area contributed by atoms with Gasteiger partial charge in [0.1, 0.15) is 0 Å². The Labute approximate surface area is 113 Å². The second kappa shape index (κ2) is 5.21. The number of hydrogen-bond acceptors (Lipinski definition) is 2. The number of aliphatic hydroxyl groups excluding tert-OH is 1. The molecule has 1 aromatic heterocycles. The first kappa shape index (κ1) is 12.6. The summed E-state index contributed by atoms with van der Waals surface area (Å²) in [5.74, 6) is 0. The summed E-state index contributed by atoms with van der Waals surface area (Å²) in [5.41, 5.74) is 1.72. The number of aromatic nitrogens is 2. The summed E-state index contributed by atoms with van der Waals surface area (Å²) in [4.78, 5) is 0. The SMILES string of the molecule is Cn1cc(CC(O)c2ccc(Br)cc2Cl)cn1. The summed E-state index contributed by atoms with van der Waals surface area (Å²) in [5, 5.41) is 14.7. The fourth-order valence-electron chi connectivity index (χ4n) is 1.68. The molecule has 0 radical (unpaired) electrons. The molecule has 5 heteroatoms. The van der Waals surface area contributed by atoms with E-state index in [-0.39, 0.29) is 0 Å². The van der Waals surface area contributed by atoms with Gasteiger partial charge in [0.15, 0.2) is 0 Å². The van der Waals surface area contributed by atoms with Gasteiger partial charge in [0.25, 0.3) is 0 Å². The zero-order chi connectivity index (χ0) is 12.4. The first-order valence-electron chi connectivity index (χ1n) is 5.17. The molecule has 0 aliphatic rings. The van der Waals surface area contributed by atoms with Gasteiger partial charge in [0.05, 0.1) is 12.3 Å². The summed E-state index contributed by atoms with van der Waals surface area (Å²) >= 11 is 9.42. The zero-order valence-electron chi connectivity index (χ0n) is 9.27. The molecule has 90 valence electrons. The van der Waals surface area contributed by atoms with E-state index in [0.29, 0.717) is 11.4 Å². The molecule has 1 atom stereocenters. The van der Waals surface area contributed by atoms with Gasteiger partial charge in [-0.3, -0.25) is 4.68 Å². The Kier molecular flexibility index (Phi) is 3.86. The van der Waals surface area contributed by atoms with Crippen molar-refractivity contribution in [3.8, 4) is 0 Å². The molecular weight excluding hydrogens is 304 g/mol. The van der Waals surface area contributed by atoms with E-state index in [9.17, 15) is 5.11 Å². The molecule has 0 saturated carbocycles. The molecule has 1 aromatic carbocycles. The van der Waals surface area contributed by atoms with Crippen LogP contribution >= 0.6 is 27.5 Å². The Morgan fingerprint density at radius 1 is 1.53 bits per heavy atom. The number of halogens is 2. The fraction of sp³-hybridized carbons (Fsp3) is 0.250. The van der Waals surface area contributed by atoms with Crippen LogP contribution in [0.1, 0.15) is 17.2 Å². The third-order valence-electron chi connectivity index (χ3n) is 2.51. The average Bonchev–Trinajstić information content (AvgIpc) is 2.63. The van der Waals surface area contributed by atoms with Gasteiger partial charge in [0.2, 0.25) is 0 Å². The second-order valence-electron chi connectivity index (χ2n) is 3.91. The summed E-state index contributed by atoms with van der Waals surface area (Å²) < 4.78 is 2.62. The minimum Gasteiger partial charge on any atom is -0.388 e. The van der Waals surface area contributed by atoms with Crippen LogP contribution in [-0.4, -0.2) is 14.9 Å². The Hall–Kier alpha value is -0.840. The van der Waals surface area contributed by atoms with Crippen LogP contribution in [0.15, 0.2) is 35.1 Å². The topological polar surface area (TPSA) is 38.0 Å². The number of benzene rings is 1. The van der Waals surface area contributed by atoms with Gasteiger partial charge >= 0.3 is 0 Å². The van der Waals surface area contributed by atoms with Crippen molar-refractivity contribution in [1.29, 1.82) is 0 Å². The number of aryl methyl sites for hydroxylation is 1. The van der Waals surface area contributed by atoms with Crippen molar-refractivity contribution in [2.24, 2.45) is 7.05 Å². The number of rotatable bonds is 3. The molecule has 0 spiro atoms. The van der Waals surface area contributed by atoms with Crippen LogP contribution in [0.2, 0.25) is 5.02 Å². The highest BCUT2D eigenvalue weighted by Crippen LogP contribution is 2.28. The van der Waals surface area contributed by atoms with Gasteiger partial charge in [-0.15, -0.1) is 0 Å². The summed E-state index contributed by atoms with van der Waals surface area (Å²) in [6.45, 7) is 0. The average molecular weight is 316 g/mol. The predicted octanol–water partition coefficient (Wildman–Crippen LogP) is 3.11. The van der Waals surface area contributed by atoms with Gasteiger partial charge in [-0.25, -0.2) is 0 Å². The molecule has 0 amide bonds. The molecule has 2 aromatic rings. The number of nitrogens with zero attached hydrogens (tertiary/aromatic N) is 2. The molecule has 0 fully saturated rings. The Morgan fingerprint density at radius 2 is 2.29 bits per heavy atom. The lowest BCUT2D eigenvalue weighted by atomic mass is 10.0. The third-order valence-corrected chi connectivity index (χ3v) is 3.33. The lowest BCUT2D eigenvalue weighted by Gasteiger charge is -2.11. The van der Waals surface area contributed by atoms with Crippen LogP contribution in [-0.2, 0) is 13.5 Å². The third kappa shape index (κ3) is 3.09. The van der Waals surface area contributed by atoms with Crippen LogP contribution in [0.3, 0.4) is 0 Å². The summed E-state index contributed by atoms with van der Waals surface area (Å²) in [6.07, 6.45) is 3.53. The maximum absolute atomic E-state index is 10.1. The van der Waals surface area contributed by atoms with Gasteiger partial charge in [-0.05, 0) is 23.3 Å². The van der Waals surface area contributed by atoms with Crippen molar-refractivity contribution in [3.05, 3.63) is 51.2 Å². The maximum atomic E-state index is 10.1. The summed E-state index contributed by atoms with van der Waals surface area (Å²) in [7, 11) is 1.85. The van der Waals surface area contributed by atoms with Crippen molar-refractivity contribution in [2.75, 3.05) is 0 Å². The largest absolute Gasteiger partial charge is 0.388 e. The smallest absolute Gasteiger partial charge is 0.0845 e. The number of aliphatic hydroxyl groups is 1. The van der Waals surface area contributed by atoms with Crippen molar-refractivity contribution in [3.63, 3.8) is 0 Å². The molecule has 1 heterocycles. The van der Waals surface area contributed by atoms with E-state index in [4.69, 9.17) is 11.6 Å². The Balaban J connectivity index is 2.17. The van der Waals surface area contributed by atoms with Crippen LogP contribution in [0.25, 0.3) is 0 Å². The minimum absolute atomic E-state index is 0.509. The molecule has 3 nitrogen and oxygen atoms in total. The van der Waals surface area contributed by atoms with Gasteiger partial charge in [-0.1, -0.05) is 33.6 Å². The highest BCUT2D eigenvalue weighted by atomic mass is 79.9. The van der Waals surface area contributed by atoms with E-state index in [0.717, 1.165) is 15.6 Å². The maximum Gasteiger partial charge on any atom is 0.0845 e. The molecule has 0 aliphatic heterocycles. The molecule has 0 bridgehead atoms. The molecule has 0 aliphatic carbocycles. The molecule has 2 rings (SSSR count). The monoisotopic (exact) mass is 314 g/mol. The zero-order valence-corrected chi connectivity index (χ0v) is 11.6. The predicted molar refractivity (Wildman–Crippen MR) is 71.0 cm³/mol. The lowest BCUT2D eigenvalue weighted by Crippen LogP contribution is -2.02. The molecular formula is C12H12BrClN2O. The van der Waals surface area contributed by atoms with Crippen LogP contribution < -0.4 is 0 Å². The summed E-state index contributed by atoms with van der Waals surface area (Å²) in [6, 6.07) is 5.48. The lowest BCUT2D eigenvalue weighted by molar-refractivity contribution is 0.178. The molecule has 1 unspecified atom stereocenters. The van der Waals surface area contributed by atoms with E-state index in [1.165, 1.54) is 0 Å². The van der Waals surface area contributed by atoms with Gasteiger partial charge in [-0.2, -0.15) is 5.10 Å². The quantitative estimate of drug-likeness (QED) is 0.945.